The molecule has 0 aromatic carbocycles. The van der Waals surface area contributed by atoms with Gasteiger partial charge < -0.3 is 5.73 Å². The summed E-state index contributed by atoms with van der Waals surface area (Å²) in [7, 11) is 0. The van der Waals surface area contributed by atoms with Crippen molar-refractivity contribution in [2.24, 2.45) is 11.7 Å². The Kier molecular flexibility index (Phi) is 5.73. The maximum atomic E-state index is 6.06. The van der Waals surface area contributed by atoms with Crippen LogP contribution in [-0.2, 0) is 0 Å². The third-order valence-electron chi connectivity index (χ3n) is 2.51. The van der Waals surface area contributed by atoms with E-state index in [1.54, 1.807) is 0 Å². The number of hydrogen-bond donors (Lipinski definition) is 1. The number of nitrogens with zero attached hydrogens (tertiary/aromatic N) is 1. The molecule has 0 aliphatic rings. The molecule has 0 saturated heterocycles. The fraction of sp³-hybridized carbons (Fsp3) is 0.545. The van der Waals surface area contributed by atoms with Crippen LogP contribution in [-0.4, -0.2) is 4.98 Å². The van der Waals surface area contributed by atoms with Crippen LogP contribution < -0.4 is 5.73 Å². The maximum Gasteiger partial charge on any atom is 0.0576 e. The second kappa shape index (κ2) is 5.99. The molecule has 1 heterocycles. The lowest BCUT2D eigenvalue weighted by Gasteiger charge is -2.17. The Hall–Kier alpha value is -0.600. The van der Waals surface area contributed by atoms with Gasteiger partial charge in [-0.2, -0.15) is 0 Å². The van der Waals surface area contributed by atoms with Gasteiger partial charge in [0.2, 0.25) is 0 Å². The first-order valence-electron chi connectivity index (χ1n) is 4.84. The van der Waals surface area contributed by atoms with Gasteiger partial charge in [0, 0.05) is 11.7 Å². The van der Waals surface area contributed by atoms with Gasteiger partial charge in [-0.1, -0.05) is 26.3 Å². The molecule has 2 nitrogen and oxygen atoms in total. The van der Waals surface area contributed by atoms with Crippen LogP contribution in [0.4, 0.5) is 0 Å². The van der Waals surface area contributed by atoms with Crippen LogP contribution in [0.2, 0.25) is 0 Å². The fourth-order valence-corrected chi connectivity index (χ4v) is 1.30. The Morgan fingerprint density at radius 1 is 1.43 bits per heavy atom. The molecule has 0 aliphatic heterocycles. The predicted molar refractivity (Wildman–Crippen MR) is 62.6 cm³/mol. The summed E-state index contributed by atoms with van der Waals surface area (Å²) in [6, 6.07) is 6.08. The Morgan fingerprint density at radius 2 is 2.07 bits per heavy atom. The highest BCUT2D eigenvalue weighted by Gasteiger charge is 2.13. The van der Waals surface area contributed by atoms with Gasteiger partial charge in [-0.3, -0.25) is 4.98 Å². The molecular formula is C11H19ClN2. The first-order valence-corrected chi connectivity index (χ1v) is 4.84. The SMILES string of the molecule is CCC(C)[C@H](N)c1cccc(C)n1.Cl. The van der Waals surface area contributed by atoms with Crippen molar-refractivity contribution >= 4 is 12.4 Å². The lowest BCUT2D eigenvalue weighted by Crippen LogP contribution is -2.19. The van der Waals surface area contributed by atoms with Gasteiger partial charge in [0.1, 0.15) is 0 Å². The molecule has 0 amide bonds. The molecule has 0 radical (unpaired) electrons. The molecule has 1 aromatic heterocycles. The average Bonchev–Trinajstić information content (AvgIpc) is 2.15. The average molecular weight is 215 g/mol. The minimum absolute atomic E-state index is 0. The van der Waals surface area contributed by atoms with Crippen LogP contribution in [0.15, 0.2) is 18.2 Å². The van der Waals surface area contributed by atoms with Gasteiger partial charge in [-0.15, -0.1) is 12.4 Å². The van der Waals surface area contributed by atoms with Crippen molar-refractivity contribution in [1.82, 2.24) is 4.98 Å². The second-order valence-corrected chi connectivity index (χ2v) is 3.62. The fourth-order valence-electron chi connectivity index (χ4n) is 1.30. The van der Waals surface area contributed by atoms with Gasteiger partial charge in [-0.05, 0) is 25.0 Å². The normalized spacial score (nSPS) is 14.3. The number of rotatable bonds is 3. The van der Waals surface area contributed by atoms with Crippen molar-refractivity contribution < 1.29 is 0 Å². The third kappa shape index (κ3) is 3.28. The molecule has 80 valence electrons. The molecule has 0 aliphatic carbocycles. The van der Waals surface area contributed by atoms with E-state index < -0.39 is 0 Å². The van der Waals surface area contributed by atoms with E-state index in [2.05, 4.69) is 18.8 Å². The second-order valence-electron chi connectivity index (χ2n) is 3.62. The molecule has 0 spiro atoms. The maximum absolute atomic E-state index is 6.06. The highest BCUT2D eigenvalue weighted by Crippen LogP contribution is 2.19. The van der Waals surface area contributed by atoms with Crippen molar-refractivity contribution in [3.8, 4) is 0 Å². The van der Waals surface area contributed by atoms with Gasteiger partial charge >= 0.3 is 0 Å². The van der Waals surface area contributed by atoms with E-state index in [1.807, 2.05) is 25.1 Å². The van der Waals surface area contributed by atoms with Crippen LogP contribution in [0.1, 0.15) is 37.7 Å². The monoisotopic (exact) mass is 214 g/mol. The van der Waals surface area contributed by atoms with Crippen LogP contribution in [0.5, 0.6) is 0 Å². The van der Waals surface area contributed by atoms with Crippen molar-refractivity contribution in [3.05, 3.63) is 29.6 Å². The molecule has 2 N–H and O–H groups in total. The number of nitrogens with two attached hydrogens (primary N) is 1. The van der Waals surface area contributed by atoms with Crippen LogP contribution in [0.25, 0.3) is 0 Å². The van der Waals surface area contributed by atoms with Gasteiger partial charge in [0.05, 0.1) is 5.69 Å². The van der Waals surface area contributed by atoms with E-state index in [9.17, 15) is 0 Å². The first-order chi connectivity index (χ1) is 6.15. The summed E-state index contributed by atoms with van der Waals surface area (Å²) >= 11 is 0. The molecule has 0 fully saturated rings. The molecule has 1 rings (SSSR count). The minimum Gasteiger partial charge on any atom is -0.322 e. The van der Waals surface area contributed by atoms with Crippen LogP contribution >= 0.6 is 12.4 Å². The Balaban J connectivity index is 0.00000169. The molecule has 0 bridgehead atoms. The number of aromatic nitrogens is 1. The standard InChI is InChI=1S/C11H18N2.ClH/c1-4-8(2)11(12)10-7-5-6-9(3)13-10;/h5-8,11H,4,12H2,1-3H3;1H/t8?,11-;/m0./s1. The summed E-state index contributed by atoms with van der Waals surface area (Å²) in [5.74, 6) is 0.495. The third-order valence-corrected chi connectivity index (χ3v) is 2.51. The summed E-state index contributed by atoms with van der Waals surface area (Å²) < 4.78 is 0. The predicted octanol–water partition coefficient (Wildman–Crippen LogP) is 2.86. The molecule has 14 heavy (non-hydrogen) atoms. The number of hydrogen-bond acceptors (Lipinski definition) is 2. The highest BCUT2D eigenvalue weighted by molar-refractivity contribution is 5.85. The van der Waals surface area contributed by atoms with E-state index in [-0.39, 0.29) is 18.4 Å². The quantitative estimate of drug-likeness (QED) is 0.841. The molecule has 0 saturated carbocycles. The lowest BCUT2D eigenvalue weighted by molar-refractivity contribution is 0.448. The molecule has 1 aromatic rings. The zero-order valence-electron chi connectivity index (χ0n) is 9.03. The molecule has 1 unspecified atom stereocenters. The van der Waals surface area contributed by atoms with E-state index in [0.29, 0.717) is 5.92 Å². The largest absolute Gasteiger partial charge is 0.322 e. The summed E-state index contributed by atoms with van der Waals surface area (Å²) in [6.45, 7) is 6.31. The lowest BCUT2D eigenvalue weighted by atomic mass is 9.97. The van der Waals surface area contributed by atoms with E-state index in [1.165, 1.54) is 0 Å². The van der Waals surface area contributed by atoms with Crippen molar-refractivity contribution in [2.75, 3.05) is 0 Å². The Morgan fingerprint density at radius 3 is 2.57 bits per heavy atom. The van der Waals surface area contributed by atoms with Gasteiger partial charge in [0.15, 0.2) is 0 Å². The molecule has 3 heteroatoms. The molecule has 2 atom stereocenters. The summed E-state index contributed by atoms with van der Waals surface area (Å²) in [5, 5.41) is 0. The van der Waals surface area contributed by atoms with Crippen molar-refractivity contribution in [3.63, 3.8) is 0 Å². The minimum atomic E-state index is 0. The number of pyridine rings is 1. The van der Waals surface area contributed by atoms with Crippen LogP contribution in [0, 0.1) is 12.8 Å². The van der Waals surface area contributed by atoms with Crippen molar-refractivity contribution in [1.29, 1.82) is 0 Å². The summed E-state index contributed by atoms with van der Waals surface area (Å²) in [5.41, 5.74) is 8.10. The highest BCUT2D eigenvalue weighted by atomic mass is 35.5. The zero-order chi connectivity index (χ0) is 9.84. The summed E-state index contributed by atoms with van der Waals surface area (Å²) in [4.78, 5) is 4.42. The van der Waals surface area contributed by atoms with Gasteiger partial charge in [-0.25, -0.2) is 0 Å². The number of halogens is 1. The Labute approximate surface area is 92.3 Å². The summed E-state index contributed by atoms with van der Waals surface area (Å²) in [6.07, 6.45) is 1.09. The van der Waals surface area contributed by atoms with Gasteiger partial charge in [0.25, 0.3) is 0 Å². The zero-order valence-corrected chi connectivity index (χ0v) is 9.84. The Bertz CT molecular complexity index is 276. The smallest absolute Gasteiger partial charge is 0.0576 e. The first kappa shape index (κ1) is 13.4. The van der Waals surface area contributed by atoms with Crippen molar-refractivity contribution in [2.45, 2.75) is 33.2 Å². The van der Waals surface area contributed by atoms with Crippen LogP contribution in [0.3, 0.4) is 0 Å². The van der Waals surface area contributed by atoms with E-state index in [0.717, 1.165) is 17.8 Å². The van der Waals surface area contributed by atoms with E-state index >= 15 is 0 Å². The van der Waals surface area contributed by atoms with E-state index in [4.69, 9.17) is 5.73 Å². The topological polar surface area (TPSA) is 38.9 Å². The number of aryl methyl sites for hydroxylation is 1. The molecular weight excluding hydrogens is 196 g/mol.